The van der Waals surface area contributed by atoms with Gasteiger partial charge in [0.15, 0.2) is 0 Å². The lowest BCUT2D eigenvalue weighted by molar-refractivity contribution is 0.0911. The van der Waals surface area contributed by atoms with Gasteiger partial charge in [0.05, 0.1) is 6.42 Å². The molecule has 0 aliphatic heterocycles. The molecule has 4 nitrogen and oxygen atoms in total. The number of nitrogens with zero attached hydrogens (tertiary/aromatic N) is 2. The van der Waals surface area contributed by atoms with E-state index in [9.17, 15) is 4.79 Å². The number of aromatic nitrogens is 2. The fourth-order valence-electron chi connectivity index (χ4n) is 1.96. The molecule has 94 valence electrons. The van der Waals surface area contributed by atoms with Crippen LogP contribution in [0.3, 0.4) is 0 Å². The van der Waals surface area contributed by atoms with E-state index >= 15 is 0 Å². The van der Waals surface area contributed by atoms with Gasteiger partial charge in [-0.15, -0.1) is 0 Å². The highest BCUT2D eigenvalue weighted by molar-refractivity contribution is 5.81. The van der Waals surface area contributed by atoms with Crippen molar-refractivity contribution >= 4 is 5.91 Å². The highest BCUT2D eigenvalue weighted by Gasteiger charge is 2.10. The fourth-order valence-corrected chi connectivity index (χ4v) is 1.96. The van der Waals surface area contributed by atoms with Crippen LogP contribution in [0.15, 0.2) is 36.8 Å². The van der Waals surface area contributed by atoms with Crippen LogP contribution in [0.4, 0.5) is 0 Å². The number of carbonyl (C=O) groups is 1. The number of benzene rings is 1. The second-order valence-electron chi connectivity index (χ2n) is 4.35. The van der Waals surface area contributed by atoms with E-state index in [1.807, 2.05) is 31.2 Å². The predicted molar refractivity (Wildman–Crippen MR) is 70.5 cm³/mol. The number of imidazole rings is 1. The van der Waals surface area contributed by atoms with Crippen molar-refractivity contribution in [2.75, 3.05) is 6.54 Å². The molecular weight excluding hydrogens is 226 g/mol. The molecule has 2 aromatic rings. The molecule has 0 fully saturated rings. The summed E-state index contributed by atoms with van der Waals surface area (Å²) in [5.41, 5.74) is 8.56. The summed E-state index contributed by atoms with van der Waals surface area (Å²) in [6.07, 6.45) is 4.30. The number of aryl methyl sites for hydroxylation is 1. The molecule has 1 aromatic carbocycles. The van der Waals surface area contributed by atoms with Gasteiger partial charge in [0.25, 0.3) is 0 Å². The smallest absolute Gasteiger partial charge is 0.236 e. The SMILES string of the molecule is Cc1cccc(CC(=O)n2cncc2CCN)c1. The third kappa shape index (κ3) is 2.84. The Morgan fingerprint density at radius 1 is 1.44 bits per heavy atom. The highest BCUT2D eigenvalue weighted by atomic mass is 16.2. The molecule has 1 aromatic heterocycles. The molecule has 18 heavy (non-hydrogen) atoms. The first-order chi connectivity index (χ1) is 8.70. The third-order valence-electron chi connectivity index (χ3n) is 2.82. The van der Waals surface area contributed by atoms with E-state index in [1.165, 1.54) is 0 Å². The minimum absolute atomic E-state index is 0.0292. The van der Waals surface area contributed by atoms with Crippen LogP contribution in [0.5, 0.6) is 0 Å². The lowest BCUT2D eigenvalue weighted by Crippen LogP contribution is -2.17. The molecule has 0 saturated heterocycles. The van der Waals surface area contributed by atoms with Crippen molar-refractivity contribution in [3.05, 3.63) is 53.6 Å². The second-order valence-corrected chi connectivity index (χ2v) is 4.35. The van der Waals surface area contributed by atoms with Crippen molar-refractivity contribution in [1.82, 2.24) is 9.55 Å². The Balaban J connectivity index is 2.14. The van der Waals surface area contributed by atoms with Crippen LogP contribution in [0.1, 0.15) is 21.6 Å². The van der Waals surface area contributed by atoms with Crippen molar-refractivity contribution in [2.45, 2.75) is 19.8 Å². The average molecular weight is 243 g/mol. The van der Waals surface area contributed by atoms with Crippen LogP contribution in [0.25, 0.3) is 0 Å². The Kier molecular flexibility index (Phi) is 3.89. The molecule has 0 aliphatic carbocycles. The van der Waals surface area contributed by atoms with E-state index in [4.69, 9.17) is 5.73 Å². The lowest BCUT2D eigenvalue weighted by atomic mass is 10.1. The molecular formula is C14H17N3O. The van der Waals surface area contributed by atoms with Crippen LogP contribution in [0.2, 0.25) is 0 Å². The first-order valence-electron chi connectivity index (χ1n) is 6.00. The zero-order chi connectivity index (χ0) is 13.0. The number of carbonyl (C=O) groups excluding carboxylic acids is 1. The van der Waals surface area contributed by atoms with Gasteiger partial charge in [-0.3, -0.25) is 9.36 Å². The van der Waals surface area contributed by atoms with Crippen LogP contribution < -0.4 is 5.73 Å². The maximum atomic E-state index is 12.2. The monoisotopic (exact) mass is 243 g/mol. The lowest BCUT2D eigenvalue weighted by Gasteiger charge is -2.06. The molecule has 0 bridgehead atoms. The molecule has 0 amide bonds. The molecule has 2 rings (SSSR count). The van der Waals surface area contributed by atoms with Crippen molar-refractivity contribution in [2.24, 2.45) is 5.73 Å². The van der Waals surface area contributed by atoms with Crippen LogP contribution in [-0.4, -0.2) is 22.0 Å². The summed E-state index contributed by atoms with van der Waals surface area (Å²) in [6.45, 7) is 2.54. The van der Waals surface area contributed by atoms with Gasteiger partial charge >= 0.3 is 0 Å². The largest absolute Gasteiger partial charge is 0.330 e. The molecule has 0 radical (unpaired) electrons. The van der Waals surface area contributed by atoms with Crippen LogP contribution in [0, 0.1) is 6.92 Å². The minimum atomic E-state index is 0.0292. The Bertz CT molecular complexity index is 545. The summed E-state index contributed by atoms with van der Waals surface area (Å²) in [4.78, 5) is 16.2. The normalized spacial score (nSPS) is 10.6. The zero-order valence-corrected chi connectivity index (χ0v) is 10.5. The predicted octanol–water partition coefficient (Wildman–Crippen LogP) is 1.58. The molecule has 1 heterocycles. The minimum Gasteiger partial charge on any atom is -0.330 e. The van der Waals surface area contributed by atoms with Crippen molar-refractivity contribution in [3.8, 4) is 0 Å². The Hall–Kier alpha value is -1.94. The van der Waals surface area contributed by atoms with E-state index in [0.29, 0.717) is 19.4 Å². The summed E-state index contributed by atoms with van der Waals surface area (Å²) in [6, 6.07) is 7.97. The van der Waals surface area contributed by atoms with Gasteiger partial charge in [0.1, 0.15) is 6.33 Å². The second kappa shape index (κ2) is 5.60. The highest BCUT2D eigenvalue weighted by Crippen LogP contribution is 2.08. The van der Waals surface area contributed by atoms with Crippen molar-refractivity contribution in [3.63, 3.8) is 0 Å². The Labute approximate surface area is 106 Å². The van der Waals surface area contributed by atoms with Crippen LogP contribution in [-0.2, 0) is 12.8 Å². The number of hydrogen-bond donors (Lipinski definition) is 1. The maximum Gasteiger partial charge on any atom is 0.236 e. The van der Waals surface area contributed by atoms with Gasteiger partial charge in [-0.05, 0) is 19.0 Å². The molecule has 0 atom stereocenters. The summed E-state index contributed by atoms with van der Waals surface area (Å²) in [5, 5.41) is 0. The van der Waals surface area contributed by atoms with Gasteiger partial charge in [0, 0.05) is 18.3 Å². The van der Waals surface area contributed by atoms with E-state index in [1.54, 1.807) is 17.1 Å². The van der Waals surface area contributed by atoms with Crippen molar-refractivity contribution < 1.29 is 4.79 Å². The van der Waals surface area contributed by atoms with E-state index < -0.39 is 0 Å². The summed E-state index contributed by atoms with van der Waals surface area (Å²) in [7, 11) is 0. The quantitative estimate of drug-likeness (QED) is 0.886. The summed E-state index contributed by atoms with van der Waals surface area (Å²) >= 11 is 0. The van der Waals surface area contributed by atoms with Gasteiger partial charge in [-0.1, -0.05) is 29.8 Å². The number of hydrogen-bond acceptors (Lipinski definition) is 3. The van der Waals surface area contributed by atoms with Gasteiger partial charge in [-0.25, -0.2) is 4.98 Å². The van der Waals surface area contributed by atoms with Crippen molar-refractivity contribution in [1.29, 1.82) is 0 Å². The number of nitrogens with two attached hydrogens (primary N) is 1. The topological polar surface area (TPSA) is 60.9 Å². The molecule has 2 N–H and O–H groups in total. The first kappa shape index (κ1) is 12.5. The van der Waals surface area contributed by atoms with E-state index in [0.717, 1.165) is 16.8 Å². The van der Waals surface area contributed by atoms with E-state index in [2.05, 4.69) is 4.98 Å². The summed E-state index contributed by atoms with van der Waals surface area (Å²) < 4.78 is 1.59. The first-order valence-corrected chi connectivity index (χ1v) is 6.00. The van der Waals surface area contributed by atoms with Crippen LogP contribution >= 0.6 is 0 Å². The average Bonchev–Trinajstić information content (AvgIpc) is 2.78. The molecule has 0 spiro atoms. The third-order valence-corrected chi connectivity index (χ3v) is 2.82. The molecule has 0 aliphatic rings. The standard InChI is InChI=1S/C14H17N3O/c1-11-3-2-4-12(7-11)8-14(18)17-10-16-9-13(17)5-6-15/h2-4,7,9-10H,5-6,8,15H2,1H3. The van der Waals surface area contributed by atoms with Gasteiger partial charge < -0.3 is 5.73 Å². The van der Waals surface area contributed by atoms with Gasteiger partial charge in [-0.2, -0.15) is 0 Å². The maximum absolute atomic E-state index is 12.2. The Morgan fingerprint density at radius 2 is 2.28 bits per heavy atom. The zero-order valence-electron chi connectivity index (χ0n) is 10.5. The fraction of sp³-hybridized carbons (Fsp3) is 0.286. The summed E-state index contributed by atoms with van der Waals surface area (Å²) in [5.74, 6) is 0.0292. The Morgan fingerprint density at radius 3 is 3.00 bits per heavy atom. The molecule has 0 unspecified atom stereocenters. The molecule has 0 saturated carbocycles. The van der Waals surface area contributed by atoms with E-state index in [-0.39, 0.29) is 5.91 Å². The number of rotatable bonds is 4. The molecule has 4 heteroatoms. The van der Waals surface area contributed by atoms with Gasteiger partial charge in [0.2, 0.25) is 5.91 Å².